The summed E-state index contributed by atoms with van der Waals surface area (Å²) in [6, 6.07) is 5.16. The van der Waals surface area contributed by atoms with E-state index >= 15 is 0 Å². The van der Waals surface area contributed by atoms with Gasteiger partial charge in [-0.15, -0.1) is 0 Å². The van der Waals surface area contributed by atoms with Crippen molar-refractivity contribution in [3.63, 3.8) is 0 Å². The predicted molar refractivity (Wildman–Crippen MR) is 70.5 cm³/mol. The summed E-state index contributed by atoms with van der Waals surface area (Å²) in [7, 11) is -9.82. The summed E-state index contributed by atoms with van der Waals surface area (Å²) in [5, 5.41) is 9.11. The molecule has 10 heteroatoms. The summed E-state index contributed by atoms with van der Waals surface area (Å²) in [6.07, 6.45) is 0. The Kier molecular flexibility index (Phi) is 3.49. The van der Waals surface area contributed by atoms with E-state index in [1.807, 2.05) is 0 Å². The second kappa shape index (κ2) is 4.77. The highest BCUT2D eigenvalue weighted by atomic mass is 32.2. The molecule has 0 heterocycles. The van der Waals surface area contributed by atoms with Crippen molar-refractivity contribution in [1.82, 2.24) is 0 Å². The second-order valence-corrected chi connectivity index (χ2v) is 6.90. The Labute approximate surface area is 119 Å². The first-order valence-corrected chi connectivity index (χ1v) is 8.14. The predicted octanol–water partition coefficient (Wildman–Crippen LogP) is 1.03. The van der Waals surface area contributed by atoms with Crippen LogP contribution in [-0.4, -0.2) is 37.0 Å². The molecule has 0 saturated carbocycles. The van der Waals surface area contributed by atoms with Gasteiger partial charge in [0.15, 0.2) is 0 Å². The largest absolute Gasteiger partial charge is 0.478 e. The maximum absolute atomic E-state index is 11.2. The molecule has 0 aliphatic rings. The molecule has 0 fully saturated rings. The van der Waals surface area contributed by atoms with Gasteiger partial charge in [-0.25, -0.2) is 4.79 Å². The minimum absolute atomic E-state index is 0.0786. The van der Waals surface area contributed by atoms with E-state index in [0.29, 0.717) is 0 Å². The summed E-state index contributed by atoms with van der Waals surface area (Å²) in [5.41, 5.74) is -0.150. The van der Waals surface area contributed by atoms with Gasteiger partial charge in [0.2, 0.25) is 0 Å². The zero-order chi connectivity index (χ0) is 16.0. The van der Waals surface area contributed by atoms with Crippen LogP contribution >= 0.6 is 0 Å². The SMILES string of the molecule is O=C(O)c1ccc2cc(S(=O)(=O)O)c(S(=O)(=O)O)cc2c1. The van der Waals surface area contributed by atoms with E-state index in [1.54, 1.807) is 0 Å². The molecular formula is C11H8O8S2. The van der Waals surface area contributed by atoms with Gasteiger partial charge in [-0.2, -0.15) is 16.8 Å². The first-order chi connectivity index (χ1) is 9.50. The molecule has 2 rings (SSSR count). The van der Waals surface area contributed by atoms with Crippen molar-refractivity contribution in [3.05, 3.63) is 35.9 Å². The lowest BCUT2D eigenvalue weighted by molar-refractivity contribution is 0.0697. The Balaban J connectivity index is 2.94. The maximum atomic E-state index is 11.2. The molecule has 0 saturated heterocycles. The molecule has 2 aromatic rings. The molecule has 2 aromatic carbocycles. The molecule has 0 aliphatic heterocycles. The molecule has 3 N–H and O–H groups in total. The fourth-order valence-electron chi connectivity index (χ4n) is 1.79. The summed E-state index contributed by atoms with van der Waals surface area (Å²) in [5.74, 6) is -1.26. The first kappa shape index (κ1) is 15.4. The third-order valence-electron chi connectivity index (χ3n) is 2.71. The van der Waals surface area contributed by atoms with Crippen molar-refractivity contribution in [2.75, 3.05) is 0 Å². The Morgan fingerprint density at radius 2 is 1.29 bits per heavy atom. The number of benzene rings is 2. The van der Waals surface area contributed by atoms with Crippen molar-refractivity contribution in [2.45, 2.75) is 9.79 Å². The minimum atomic E-state index is -4.93. The van der Waals surface area contributed by atoms with E-state index in [4.69, 9.17) is 14.2 Å². The summed E-state index contributed by atoms with van der Waals surface area (Å²) >= 11 is 0. The van der Waals surface area contributed by atoms with Gasteiger partial charge < -0.3 is 5.11 Å². The Morgan fingerprint density at radius 3 is 1.71 bits per heavy atom. The van der Waals surface area contributed by atoms with E-state index in [1.165, 1.54) is 12.1 Å². The fraction of sp³-hybridized carbons (Fsp3) is 0. The van der Waals surface area contributed by atoms with Crippen LogP contribution in [0.5, 0.6) is 0 Å². The molecule has 0 aliphatic carbocycles. The van der Waals surface area contributed by atoms with E-state index in [9.17, 15) is 21.6 Å². The fourth-order valence-corrected chi connectivity index (χ4v) is 3.60. The van der Waals surface area contributed by atoms with Crippen LogP contribution in [0, 0.1) is 0 Å². The molecule has 0 bridgehead atoms. The number of carbonyl (C=O) groups is 1. The van der Waals surface area contributed by atoms with Crippen molar-refractivity contribution in [3.8, 4) is 0 Å². The minimum Gasteiger partial charge on any atom is -0.478 e. The van der Waals surface area contributed by atoms with Gasteiger partial charge in [-0.05, 0) is 35.0 Å². The number of fused-ring (bicyclic) bond motifs is 1. The average Bonchev–Trinajstić information content (AvgIpc) is 2.34. The zero-order valence-corrected chi connectivity index (χ0v) is 11.7. The van der Waals surface area contributed by atoms with Gasteiger partial charge in [0.05, 0.1) is 5.56 Å². The van der Waals surface area contributed by atoms with Crippen LogP contribution in [0.2, 0.25) is 0 Å². The van der Waals surface area contributed by atoms with E-state index < -0.39 is 36.0 Å². The van der Waals surface area contributed by atoms with Gasteiger partial charge in [0.25, 0.3) is 20.2 Å². The number of rotatable bonds is 3. The van der Waals surface area contributed by atoms with Gasteiger partial charge in [0.1, 0.15) is 9.79 Å². The molecule has 21 heavy (non-hydrogen) atoms. The smallest absolute Gasteiger partial charge is 0.335 e. The number of carboxylic acid groups (broad SMARTS) is 1. The van der Waals surface area contributed by atoms with Gasteiger partial charge >= 0.3 is 5.97 Å². The summed E-state index contributed by atoms with van der Waals surface area (Å²) < 4.78 is 63.0. The Bertz CT molecular complexity index is 957. The lowest BCUT2D eigenvalue weighted by atomic mass is 10.1. The molecule has 0 unspecified atom stereocenters. The highest BCUT2D eigenvalue weighted by molar-refractivity contribution is 7.89. The van der Waals surface area contributed by atoms with Gasteiger partial charge in [0, 0.05) is 0 Å². The zero-order valence-electron chi connectivity index (χ0n) is 10.1. The van der Waals surface area contributed by atoms with E-state index in [0.717, 1.165) is 18.2 Å². The molecule has 8 nitrogen and oxygen atoms in total. The second-order valence-electron chi connectivity index (χ2n) is 4.12. The molecule has 0 aromatic heterocycles. The Hall–Kier alpha value is -2.01. The Morgan fingerprint density at radius 1 is 0.810 bits per heavy atom. The lowest BCUT2D eigenvalue weighted by Crippen LogP contribution is -2.08. The molecular weight excluding hydrogens is 324 g/mol. The van der Waals surface area contributed by atoms with E-state index in [-0.39, 0.29) is 16.3 Å². The number of hydrogen-bond donors (Lipinski definition) is 3. The van der Waals surface area contributed by atoms with Crippen LogP contribution in [0.4, 0.5) is 0 Å². The van der Waals surface area contributed by atoms with Crippen LogP contribution in [0.3, 0.4) is 0 Å². The molecule has 0 atom stereocenters. The number of hydrogen-bond acceptors (Lipinski definition) is 5. The third kappa shape index (κ3) is 3.03. The molecule has 0 spiro atoms. The standard InChI is InChI=1S/C11H8O8S2/c12-11(13)7-2-1-6-4-9(20(14,15)16)10(21(17,18)19)5-8(6)3-7/h1-5H,(H,12,13)(H,14,15,16)(H,17,18,19). The third-order valence-corrected chi connectivity index (χ3v) is 4.62. The van der Waals surface area contributed by atoms with Gasteiger partial charge in [-0.1, -0.05) is 6.07 Å². The summed E-state index contributed by atoms with van der Waals surface area (Å²) in [6.45, 7) is 0. The van der Waals surface area contributed by atoms with Crippen LogP contribution in [-0.2, 0) is 20.2 Å². The van der Waals surface area contributed by atoms with Crippen molar-refractivity contribution >= 4 is 37.0 Å². The first-order valence-electron chi connectivity index (χ1n) is 5.26. The number of aromatic carboxylic acids is 1. The van der Waals surface area contributed by atoms with Crippen LogP contribution in [0.15, 0.2) is 40.1 Å². The summed E-state index contributed by atoms with van der Waals surface area (Å²) in [4.78, 5) is 8.84. The van der Waals surface area contributed by atoms with Crippen LogP contribution in [0.25, 0.3) is 10.8 Å². The van der Waals surface area contributed by atoms with Crippen LogP contribution in [0.1, 0.15) is 10.4 Å². The maximum Gasteiger partial charge on any atom is 0.335 e. The average molecular weight is 332 g/mol. The normalized spacial score (nSPS) is 12.5. The van der Waals surface area contributed by atoms with Crippen LogP contribution < -0.4 is 0 Å². The van der Waals surface area contributed by atoms with Crippen molar-refractivity contribution in [2.24, 2.45) is 0 Å². The van der Waals surface area contributed by atoms with Gasteiger partial charge in [-0.3, -0.25) is 9.11 Å². The topological polar surface area (TPSA) is 146 Å². The molecule has 112 valence electrons. The van der Waals surface area contributed by atoms with Crippen molar-refractivity contribution in [1.29, 1.82) is 0 Å². The molecule has 0 radical (unpaired) electrons. The quantitative estimate of drug-likeness (QED) is 0.706. The van der Waals surface area contributed by atoms with Crippen molar-refractivity contribution < 1.29 is 35.8 Å². The monoisotopic (exact) mass is 332 g/mol. The van der Waals surface area contributed by atoms with E-state index in [2.05, 4.69) is 0 Å². The highest BCUT2D eigenvalue weighted by Gasteiger charge is 2.24. The molecule has 0 amide bonds. The highest BCUT2D eigenvalue weighted by Crippen LogP contribution is 2.27. The lowest BCUT2D eigenvalue weighted by Gasteiger charge is -2.07. The number of carboxylic acids is 1.